The van der Waals surface area contributed by atoms with Crippen molar-refractivity contribution in [2.24, 2.45) is 0 Å². The van der Waals surface area contributed by atoms with Crippen LogP contribution in [0.15, 0.2) is 146 Å². The zero-order valence-corrected chi connectivity index (χ0v) is 32.3. The molecule has 3 aromatic heterocycles. The Hall–Kier alpha value is -6.14. The van der Waals surface area contributed by atoms with E-state index in [0.717, 1.165) is 55.0 Å². The van der Waals surface area contributed by atoms with Crippen LogP contribution in [0.2, 0.25) is 0 Å². The number of hydrogen-bond donors (Lipinski definition) is 0. The van der Waals surface area contributed by atoms with Gasteiger partial charge in [0.15, 0.2) is 0 Å². The summed E-state index contributed by atoms with van der Waals surface area (Å²) in [6.45, 7) is 12.8. The average Bonchev–Trinajstić information content (AvgIpc) is 3.69. The third-order valence-electron chi connectivity index (χ3n) is 11.1. The van der Waals surface area contributed by atoms with Gasteiger partial charge in [0.25, 0.3) is 0 Å². The highest BCUT2D eigenvalue weighted by atomic mass is 19.4. The van der Waals surface area contributed by atoms with Gasteiger partial charge in [-0.1, -0.05) is 139 Å². The molecule has 9 rings (SSSR count). The van der Waals surface area contributed by atoms with Crippen molar-refractivity contribution in [1.82, 2.24) is 14.1 Å². The molecule has 0 saturated heterocycles. The summed E-state index contributed by atoms with van der Waals surface area (Å²) in [6.07, 6.45) is -4.75. The lowest BCUT2D eigenvalue weighted by Gasteiger charge is -2.24. The second kappa shape index (κ2) is 12.7. The van der Waals surface area contributed by atoms with Crippen LogP contribution in [0.25, 0.3) is 77.5 Å². The number of alkyl halides is 3. The minimum absolute atomic E-state index is 0.0482. The summed E-state index contributed by atoms with van der Waals surface area (Å²) in [6, 6.07) is 46.9. The molecular formula is C50H42F3N3. The Morgan fingerprint density at radius 2 is 0.839 bits per heavy atom. The monoisotopic (exact) mass is 741 g/mol. The van der Waals surface area contributed by atoms with Crippen molar-refractivity contribution in [3.05, 3.63) is 162 Å². The Balaban J connectivity index is 1.48. The largest absolute Gasteiger partial charge is 0.420 e. The predicted octanol–water partition coefficient (Wildman–Crippen LogP) is 14.2. The van der Waals surface area contributed by atoms with Crippen molar-refractivity contribution >= 4 is 43.6 Å². The van der Waals surface area contributed by atoms with Gasteiger partial charge in [0.2, 0.25) is 0 Å². The van der Waals surface area contributed by atoms with Crippen molar-refractivity contribution in [3.63, 3.8) is 0 Å². The fourth-order valence-corrected chi connectivity index (χ4v) is 8.16. The van der Waals surface area contributed by atoms with Gasteiger partial charge >= 0.3 is 6.18 Å². The quantitative estimate of drug-likeness (QED) is 0.176. The van der Waals surface area contributed by atoms with Crippen molar-refractivity contribution in [1.29, 1.82) is 0 Å². The molecule has 3 nitrogen and oxygen atoms in total. The van der Waals surface area contributed by atoms with E-state index in [9.17, 15) is 0 Å². The number of fused-ring (bicyclic) bond motifs is 6. The first-order valence-corrected chi connectivity index (χ1v) is 19.0. The molecule has 0 atom stereocenters. The maximum Gasteiger partial charge on any atom is 0.420 e. The van der Waals surface area contributed by atoms with E-state index in [1.807, 2.05) is 106 Å². The van der Waals surface area contributed by atoms with E-state index in [4.69, 9.17) is 4.98 Å². The Labute approximate surface area is 324 Å². The van der Waals surface area contributed by atoms with Crippen LogP contribution in [0, 0.1) is 0 Å². The van der Waals surface area contributed by atoms with Crippen molar-refractivity contribution < 1.29 is 13.2 Å². The van der Waals surface area contributed by atoms with Crippen molar-refractivity contribution in [2.75, 3.05) is 0 Å². The Morgan fingerprint density at radius 1 is 0.411 bits per heavy atom. The second-order valence-electron chi connectivity index (χ2n) is 16.8. The highest BCUT2D eigenvalue weighted by Crippen LogP contribution is 2.47. The van der Waals surface area contributed by atoms with E-state index in [1.54, 1.807) is 12.1 Å². The molecule has 0 N–H and O–H groups in total. The van der Waals surface area contributed by atoms with Crippen LogP contribution in [-0.2, 0) is 17.0 Å². The SMILES string of the molecule is CC(C)(C)c1ccc2c3ccccc3n(-c3cc(-c4cccc(-c5ccccc5)n4)cc(-n4c5ccccc5c5ccc(C(C)(C)C)cc54)c3C(F)(F)F)c2c1. The Kier molecular flexibility index (Phi) is 8.07. The highest BCUT2D eigenvalue weighted by Gasteiger charge is 2.40. The van der Waals surface area contributed by atoms with Gasteiger partial charge in [-0.2, -0.15) is 13.2 Å². The highest BCUT2D eigenvalue weighted by molar-refractivity contribution is 6.11. The van der Waals surface area contributed by atoms with Gasteiger partial charge in [0, 0.05) is 32.7 Å². The standard InChI is InChI=1S/C50H42F3N3/c1-48(2,3)33-23-25-37-35-17-10-12-21-41(35)55(43(37)29-33)45-27-32(40-20-14-19-39(54-40)31-15-8-7-9-16-31)28-46(47(45)50(51,52)53)56-42-22-13-11-18-36(42)38-26-24-34(30-44(38)56)49(4,5)6/h7-30H,1-6H3. The molecule has 0 spiro atoms. The van der Waals surface area contributed by atoms with Gasteiger partial charge in [-0.15, -0.1) is 0 Å². The first-order chi connectivity index (χ1) is 26.7. The molecule has 0 aliphatic heterocycles. The maximum absolute atomic E-state index is 16.4. The minimum atomic E-state index is -4.75. The van der Waals surface area contributed by atoms with E-state index in [1.165, 1.54) is 0 Å². The molecule has 6 aromatic carbocycles. The average molecular weight is 742 g/mol. The third kappa shape index (κ3) is 5.87. The number of benzene rings is 6. The normalized spacial score (nSPS) is 12.7. The number of rotatable bonds is 4. The van der Waals surface area contributed by atoms with E-state index in [0.29, 0.717) is 22.3 Å². The van der Waals surface area contributed by atoms with Crippen molar-refractivity contribution in [3.8, 4) is 33.9 Å². The molecule has 0 unspecified atom stereocenters. The fourth-order valence-electron chi connectivity index (χ4n) is 8.16. The Bertz CT molecular complexity index is 2820. The van der Waals surface area contributed by atoms with Gasteiger partial charge < -0.3 is 9.13 Å². The van der Waals surface area contributed by atoms with E-state index < -0.39 is 11.7 Å². The molecule has 0 radical (unpaired) electrons. The molecule has 0 aliphatic carbocycles. The number of pyridine rings is 1. The topological polar surface area (TPSA) is 22.8 Å². The van der Waals surface area contributed by atoms with Crippen LogP contribution in [-0.4, -0.2) is 14.1 Å². The summed E-state index contributed by atoms with van der Waals surface area (Å²) in [4.78, 5) is 5.09. The summed E-state index contributed by atoms with van der Waals surface area (Å²) < 4.78 is 52.9. The number of hydrogen-bond acceptors (Lipinski definition) is 1. The lowest BCUT2D eigenvalue weighted by atomic mass is 9.86. The van der Waals surface area contributed by atoms with Crippen LogP contribution in [0.3, 0.4) is 0 Å². The molecule has 0 fully saturated rings. The number of para-hydroxylation sites is 2. The molecule has 0 saturated carbocycles. The molecule has 3 heterocycles. The van der Waals surface area contributed by atoms with E-state index in [2.05, 4.69) is 77.9 Å². The maximum atomic E-state index is 16.4. The predicted molar refractivity (Wildman–Crippen MR) is 226 cm³/mol. The minimum Gasteiger partial charge on any atom is -0.309 e. The van der Waals surface area contributed by atoms with Gasteiger partial charge in [-0.3, -0.25) is 0 Å². The summed E-state index contributed by atoms with van der Waals surface area (Å²) in [5.41, 5.74) is 6.65. The van der Waals surface area contributed by atoms with Crippen LogP contribution >= 0.6 is 0 Å². The van der Waals surface area contributed by atoms with E-state index >= 15 is 13.2 Å². The number of aromatic nitrogens is 3. The smallest absolute Gasteiger partial charge is 0.309 e. The number of nitrogens with zero attached hydrogens (tertiary/aromatic N) is 3. The van der Waals surface area contributed by atoms with Crippen molar-refractivity contribution in [2.45, 2.75) is 58.5 Å². The first kappa shape index (κ1) is 35.6. The summed E-state index contributed by atoms with van der Waals surface area (Å²) in [5.74, 6) is 0. The first-order valence-electron chi connectivity index (χ1n) is 19.0. The molecule has 0 bridgehead atoms. The van der Waals surface area contributed by atoms with Gasteiger partial charge in [0.05, 0.1) is 44.8 Å². The van der Waals surface area contributed by atoms with Gasteiger partial charge in [0.1, 0.15) is 5.56 Å². The fraction of sp³-hybridized carbons (Fsp3) is 0.180. The zero-order chi connectivity index (χ0) is 39.1. The molecule has 9 aromatic rings. The number of halogens is 3. The van der Waals surface area contributed by atoms with Gasteiger partial charge in [-0.25, -0.2) is 4.98 Å². The van der Waals surface area contributed by atoms with E-state index in [-0.39, 0.29) is 22.2 Å². The summed E-state index contributed by atoms with van der Waals surface area (Å²) in [7, 11) is 0. The zero-order valence-electron chi connectivity index (χ0n) is 32.3. The van der Waals surface area contributed by atoms with Crippen LogP contribution in [0.4, 0.5) is 13.2 Å². The lowest BCUT2D eigenvalue weighted by Crippen LogP contribution is -2.17. The van der Waals surface area contributed by atoms with Gasteiger partial charge in [-0.05, 0) is 70.5 Å². The third-order valence-corrected chi connectivity index (χ3v) is 11.1. The summed E-state index contributed by atoms with van der Waals surface area (Å²) in [5, 5.41) is 3.56. The van der Waals surface area contributed by atoms with Crippen LogP contribution in [0.1, 0.15) is 58.2 Å². The lowest BCUT2D eigenvalue weighted by molar-refractivity contribution is -0.137. The second-order valence-corrected chi connectivity index (χ2v) is 16.8. The molecule has 0 aliphatic rings. The molecule has 278 valence electrons. The molecule has 56 heavy (non-hydrogen) atoms. The van der Waals surface area contributed by atoms with Crippen LogP contribution in [0.5, 0.6) is 0 Å². The Morgan fingerprint density at radius 3 is 1.30 bits per heavy atom. The molecule has 0 amide bonds. The van der Waals surface area contributed by atoms with Crippen LogP contribution < -0.4 is 0 Å². The molecular weight excluding hydrogens is 700 g/mol. The molecule has 6 heteroatoms. The summed E-state index contributed by atoms with van der Waals surface area (Å²) >= 11 is 0.